The van der Waals surface area contributed by atoms with Crippen LogP contribution in [0.5, 0.6) is 0 Å². The van der Waals surface area contributed by atoms with Crippen LogP contribution in [0, 0.1) is 0 Å². The van der Waals surface area contributed by atoms with Gasteiger partial charge >= 0.3 is 11.9 Å². The summed E-state index contributed by atoms with van der Waals surface area (Å²) in [6.45, 7) is 2.23. The number of amides is 1. The molecule has 0 aliphatic heterocycles. The van der Waals surface area contributed by atoms with Gasteiger partial charge in [0.1, 0.15) is 6.04 Å². The molecule has 0 unspecified atom stereocenters. The first-order chi connectivity index (χ1) is 13.0. The molecule has 0 aliphatic carbocycles. The summed E-state index contributed by atoms with van der Waals surface area (Å²) in [6, 6.07) is -1.17. The molecule has 0 aromatic rings. The number of unbranched alkanes of at least 4 members (excludes halogenated alkanes) is 11. The zero-order valence-electron chi connectivity index (χ0n) is 16.8. The number of rotatable bonds is 18. The largest absolute Gasteiger partial charge is 0.481 e. The van der Waals surface area contributed by atoms with Crippen LogP contribution in [0.1, 0.15) is 96.8 Å². The Morgan fingerprint density at radius 2 is 1.37 bits per heavy atom. The van der Waals surface area contributed by atoms with Crippen molar-refractivity contribution in [1.82, 2.24) is 5.32 Å². The molecule has 156 valence electrons. The molecule has 0 aromatic heterocycles. The minimum atomic E-state index is -1.22. The molecule has 1 atom stereocenters. The third-order valence-electron chi connectivity index (χ3n) is 4.51. The standard InChI is InChI=1S/C21H37NO5/c1-2-3-4-5-6-7-8-9-10-11-12-13-14-15-19(23)22-18(21(26)27)16-17-20(24)25/h14-15,18H,2-13,16-17H2,1H3,(H,22,23)(H,24,25)(H,26,27)/t18-/m0/s1. The fourth-order valence-corrected chi connectivity index (χ4v) is 2.86. The highest BCUT2D eigenvalue weighted by atomic mass is 16.4. The van der Waals surface area contributed by atoms with Gasteiger partial charge in [-0.15, -0.1) is 0 Å². The van der Waals surface area contributed by atoms with Crippen molar-refractivity contribution in [2.75, 3.05) is 0 Å². The SMILES string of the molecule is CCCCCCCCCCCCCC=CC(=O)N[C@@H](CCC(=O)O)C(=O)O. The van der Waals surface area contributed by atoms with Gasteiger partial charge in [0.15, 0.2) is 0 Å². The fraction of sp³-hybridized carbons (Fsp3) is 0.762. The quantitative estimate of drug-likeness (QED) is 0.235. The minimum Gasteiger partial charge on any atom is -0.481 e. The van der Waals surface area contributed by atoms with Crippen LogP contribution >= 0.6 is 0 Å². The molecule has 0 saturated heterocycles. The van der Waals surface area contributed by atoms with Crippen molar-refractivity contribution in [2.45, 2.75) is 103 Å². The molecule has 0 spiro atoms. The molecule has 3 N–H and O–H groups in total. The topological polar surface area (TPSA) is 104 Å². The molecule has 0 aromatic carbocycles. The smallest absolute Gasteiger partial charge is 0.326 e. The van der Waals surface area contributed by atoms with Crippen LogP contribution in [0.15, 0.2) is 12.2 Å². The summed E-state index contributed by atoms with van der Waals surface area (Å²) in [5.41, 5.74) is 0. The summed E-state index contributed by atoms with van der Waals surface area (Å²) in [5.74, 6) is -2.79. The van der Waals surface area contributed by atoms with E-state index >= 15 is 0 Å². The maximum atomic E-state index is 11.7. The Labute approximate surface area is 163 Å². The van der Waals surface area contributed by atoms with Crippen molar-refractivity contribution in [2.24, 2.45) is 0 Å². The van der Waals surface area contributed by atoms with Crippen molar-refractivity contribution < 1.29 is 24.6 Å². The highest BCUT2D eigenvalue weighted by molar-refractivity contribution is 5.91. The Bertz CT molecular complexity index is 448. The number of carbonyl (C=O) groups is 3. The summed E-state index contributed by atoms with van der Waals surface area (Å²) >= 11 is 0. The molecule has 1 amide bonds. The molecular weight excluding hydrogens is 346 g/mol. The van der Waals surface area contributed by atoms with Crippen molar-refractivity contribution in [3.8, 4) is 0 Å². The third-order valence-corrected chi connectivity index (χ3v) is 4.51. The number of carbonyl (C=O) groups excluding carboxylic acids is 1. The lowest BCUT2D eigenvalue weighted by molar-refractivity contribution is -0.142. The van der Waals surface area contributed by atoms with Gasteiger partial charge in [0.2, 0.25) is 5.91 Å². The molecule has 0 rings (SSSR count). The van der Waals surface area contributed by atoms with Crippen molar-refractivity contribution in [3.05, 3.63) is 12.2 Å². The third kappa shape index (κ3) is 17.3. The van der Waals surface area contributed by atoms with Crippen LogP contribution in [0.3, 0.4) is 0 Å². The van der Waals surface area contributed by atoms with Crippen LogP contribution in [-0.4, -0.2) is 34.1 Å². The van der Waals surface area contributed by atoms with E-state index in [1.165, 1.54) is 63.9 Å². The van der Waals surface area contributed by atoms with Crippen molar-refractivity contribution >= 4 is 17.8 Å². The number of allylic oxidation sites excluding steroid dienone is 1. The molecule has 6 heteroatoms. The average molecular weight is 384 g/mol. The Balaban J connectivity index is 3.65. The van der Waals surface area contributed by atoms with E-state index in [4.69, 9.17) is 10.2 Å². The lowest BCUT2D eigenvalue weighted by atomic mass is 10.1. The monoisotopic (exact) mass is 383 g/mol. The summed E-state index contributed by atoms with van der Waals surface area (Å²) in [7, 11) is 0. The Morgan fingerprint density at radius 1 is 0.852 bits per heavy atom. The molecule has 0 fully saturated rings. The number of nitrogens with one attached hydrogen (secondary N) is 1. The van der Waals surface area contributed by atoms with E-state index in [9.17, 15) is 14.4 Å². The summed E-state index contributed by atoms with van der Waals surface area (Å²) in [6.07, 6.45) is 17.4. The number of carboxylic acids is 2. The first-order valence-electron chi connectivity index (χ1n) is 10.4. The van der Waals surface area contributed by atoms with Gasteiger partial charge in [-0.2, -0.15) is 0 Å². The van der Waals surface area contributed by atoms with Gasteiger partial charge in [-0.1, -0.05) is 77.2 Å². The van der Waals surface area contributed by atoms with Crippen molar-refractivity contribution in [1.29, 1.82) is 0 Å². The van der Waals surface area contributed by atoms with Crippen LogP contribution < -0.4 is 5.32 Å². The molecule has 6 nitrogen and oxygen atoms in total. The molecule has 0 radical (unpaired) electrons. The van der Waals surface area contributed by atoms with E-state index in [1.54, 1.807) is 6.08 Å². The van der Waals surface area contributed by atoms with Gasteiger partial charge in [0, 0.05) is 6.42 Å². The fourth-order valence-electron chi connectivity index (χ4n) is 2.86. The Morgan fingerprint density at radius 3 is 1.85 bits per heavy atom. The molecule has 0 saturated carbocycles. The second kappa shape index (κ2) is 17.6. The average Bonchev–Trinajstić information content (AvgIpc) is 2.62. The van der Waals surface area contributed by atoms with E-state index < -0.39 is 23.9 Å². The maximum absolute atomic E-state index is 11.7. The first kappa shape index (κ1) is 25.1. The second-order valence-electron chi connectivity index (χ2n) is 7.06. The van der Waals surface area contributed by atoms with Crippen LogP contribution in [-0.2, 0) is 14.4 Å². The van der Waals surface area contributed by atoms with E-state index in [0.717, 1.165) is 19.3 Å². The maximum Gasteiger partial charge on any atom is 0.326 e. The second-order valence-corrected chi connectivity index (χ2v) is 7.06. The number of aliphatic carboxylic acids is 2. The predicted molar refractivity (Wildman–Crippen MR) is 107 cm³/mol. The lowest BCUT2D eigenvalue weighted by Gasteiger charge is -2.11. The summed E-state index contributed by atoms with van der Waals surface area (Å²) < 4.78 is 0. The van der Waals surface area contributed by atoms with Gasteiger partial charge in [-0.3, -0.25) is 9.59 Å². The highest BCUT2D eigenvalue weighted by Crippen LogP contribution is 2.12. The van der Waals surface area contributed by atoms with Gasteiger partial charge in [0.05, 0.1) is 0 Å². The summed E-state index contributed by atoms with van der Waals surface area (Å²) in [4.78, 5) is 33.2. The van der Waals surface area contributed by atoms with Crippen molar-refractivity contribution in [3.63, 3.8) is 0 Å². The molecular formula is C21H37NO5. The van der Waals surface area contributed by atoms with Crippen LogP contribution in [0.4, 0.5) is 0 Å². The van der Waals surface area contributed by atoms with E-state index in [-0.39, 0.29) is 12.8 Å². The van der Waals surface area contributed by atoms with Crippen LogP contribution in [0.25, 0.3) is 0 Å². The Hall–Kier alpha value is -1.85. The normalized spacial score (nSPS) is 12.2. The number of carboxylic acid groups (broad SMARTS) is 2. The van der Waals surface area contributed by atoms with E-state index in [0.29, 0.717) is 0 Å². The highest BCUT2D eigenvalue weighted by Gasteiger charge is 2.19. The van der Waals surface area contributed by atoms with E-state index in [2.05, 4.69) is 12.2 Å². The van der Waals surface area contributed by atoms with E-state index in [1.807, 2.05) is 0 Å². The molecule has 0 bridgehead atoms. The minimum absolute atomic E-state index is 0.122. The zero-order valence-corrected chi connectivity index (χ0v) is 16.8. The predicted octanol–water partition coefficient (Wildman–Crippen LogP) is 4.68. The van der Waals surface area contributed by atoms with Crippen LogP contribution in [0.2, 0.25) is 0 Å². The first-order valence-corrected chi connectivity index (χ1v) is 10.4. The molecule has 0 heterocycles. The Kier molecular flexibility index (Phi) is 16.4. The molecule has 27 heavy (non-hydrogen) atoms. The van der Waals surface area contributed by atoms with Gasteiger partial charge in [0.25, 0.3) is 0 Å². The number of hydrogen-bond donors (Lipinski definition) is 3. The number of hydrogen-bond acceptors (Lipinski definition) is 3. The van der Waals surface area contributed by atoms with Gasteiger partial charge in [-0.25, -0.2) is 4.79 Å². The zero-order chi connectivity index (χ0) is 20.3. The lowest BCUT2D eigenvalue weighted by Crippen LogP contribution is -2.40. The van der Waals surface area contributed by atoms with Gasteiger partial charge in [-0.05, 0) is 25.3 Å². The summed E-state index contributed by atoms with van der Waals surface area (Å²) in [5, 5.41) is 19.9. The molecule has 0 aliphatic rings. The van der Waals surface area contributed by atoms with Gasteiger partial charge < -0.3 is 15.5 Å².